The summed E-state index contributed by atoms with van der Waals surface area (Å²) in [6, 6.07) is 15.6. The number of hydrogen-bond donors (Lipinski definition) is 0. The highest BCUT2D eigenvalue weighted by atomic mass is 19.4. The summed E-state index contributed by atoms with van der Waals surface area (Å²) in [5, 5.41) is 3.78. The van der Waals surface area contributed by atoms with Crippen LogP contribution < -0.4 is 14.4 Å². The van der Waals surface area contributed by atoms with Gasteiger partial charge in [0.25, 0.3) is 5.91 Å². The van der Waals surface area contributed by atoms with Crippen molar-refractivity contribution in [3.8, 4) is 28.4 Å². The van der Waals surface area contributed by atoms with Crippen molar-refractivity contribution >= 4 is 11.6 Å². The zero-order valence-electron chi connectivity index (χ0n) is 17.8. The van der Waals surface area contributed by atoms with E-state index in [9.17, 15) is 18.0 Å². The van der Waals surface area contributed by atoms with Gasteiger partial charge in [-0.3, -0.25) is 9.78 Å². The molecule has 2 aromatic heterocycles. The molecule has 34 heavy (non-hydrogen) atoms. The fourth-order valence-electron chi connectivity index (χ4n) is 3.61. The second-order valence-corrected chi connectivity index (χ2v) is 7.52. The molecule has 0 saturated carbocycles. The van der Waals surface area contributed by atoms with Crippen LogP contribution in [0, 0.1) is 0 Å². The molecule has 1 aliphatic rings. The summed E-state index contributed by atoms with van der Waals surface area (Å²) in [5.41, 5.74) is 0.779. The highest BCUT2D eigenvalue weighted by Gasteiger charge is 2.35. The Labute approximate surface area is 192 Å². The number of benzene rings is 2. The Kier molecular flexibility index (Phi) is 5.20. The van der Waals surface area contributed by atoms with Crippen LogP contribution in [-0.2, 0) is 6.18 Å². The molecule has 0 fully saturated rings. The molecule has 5 rings (SSSR count). The minimum atomic E-state index is -4.63. The molecule has 0 saturated heterocycles. The van der Waals surface area contributed by atoms with Crippen LogP contribution in [0.15, 0.2) is 73.1 Å². The van der Waals surface area contributed by atoms with Gasteiger partial charge in [-0.2, -0.15) is 18.3 Å². The molecular weight excluding hydrogens is 449 g/mol. The van der Waals surface area contributed by atoms with Gasteiger partial charge in [-0.15, -0.1) is 0 Å². The smallest absolute Gasteiger partial charge is 0.435 e. The van der Waals surface area contributed by atoms with Crippen molar-refractivity contribution in [3.63, 3.8) is 0 Å². The molecular formula is C24H17F3N4O3. The molecule has 0 bridgehead atoms. The predicted molar refractivity (Wildman–Crippen MR) is 117 cm³/mol. The predicted octanol–water partition coefficient (Wildman–Crippen LogP) is 4.96. The molecule has 0 spiro atoms. The van der Waals surface area contributed by atoms with Crippen molar-refractivity contribution in [3.05, 3.63) is 84.3 Å². The summed E-state index contributed by atoms with van der Waals surface area (Å²) in [4.78, 5) is 18.6. The summed E-state index contributed by atoms with van der Waals surface area (Å²) in [5.74, 6) is 0.767. The topological polar surface area (TPSA) is 69.5 Å². The summed E-state index contributed by atoms with van der Waals surface area (Å²) >= 11 is 0. The highest BCUT2D eigenvalue weighted by molar-refractivity contribution is 6.06. The lowest BCUT2D eigenvalue weighted by Crippen LogP contribution is -2.26. The number of aromatic nitrogens is 3. The Morgan fingerprint density at radius 1 is 1.03 bits per heavy atom. The quantitative estimate of drug-likeness (QED) is 0.425. The van der Waals surface area contributed by atoms with Gasteiger partial charge in [0.2, 0.25) is 6.79 Å². The van der Waals surface area contributed by atoms with E-state index >= 15 is 0 Å². The number of carbonyl (C=O) groups excluding carboxylic acids is 1. The molecule has 1 aliphatic heterocycles. The maximum Gasteiger partial charge on any atom is 0.435 e. The fourth-order valence-corrected chi connectivity index (χ4v) is 3.61. The molecule has 0 aliphatic carbocycles. The van der Waals surface area contributed by atoms with Gasteiger partial charge < -0.3 is 14.4 Å². The minimum absolute atomic E-state index is 0.113. The van der Waals surface area contributed by atoms with Crippen LogP contribution in [-0.4, -0.2) is 34.5 Å². The summed E-state index contributed by atoms with van der Waals surface area (Å²) < 4.78 is 52.1. The number of pyridine rings is 1. The van der Waals surface area contributed by atoms with Gasteiger partial charge >= 0.3 is 6.18 Å². The lowest BCUT2D eigenvalue weighted by atomic mass is 10.1. The first-order valence-electron chi connectivity index (χ1n) is 10.2. The molecule has 0 unspecified atom stereocenters. The van der Waals surface area contributed by atoms with Crippen LogP contribution >= 0.6 is 0 Å². The number of nitrogens with zero attached hydrogens (tertiary/aromatic N) is 4. The third-order valence-corrected chi connectivity index (χ3v) is 5.34. The summed E-state index contributed by atoms with van der Waals surface area (Å²) in [6.45, 7) is 0.113. The molecule has 3 heterocycles. The van der Waals surface area contributed by atoms with Crippen LogP contribution in [0.2, 0.25) is 0 Å². The number of alkyl halides is 3. The molecule has 0 radical (unpaired) electrons. The number of halogens is 3. The van der Waals surface area contributed by atoms with E-state index in [-0.39, 0.29) is 24.0 Å². The van der Waals surface area contributed by atoms with E-state index in [1.165, 1.54) is 23.4 Å². The lowest BCUT2D eigenvalue weighted by Gasteiger charge is -2.18. The third-order valence-electron chi connectivity index (χ3n) is 5.34. The zero-order chi connectivity index (χ0) is 23.9. The van der Waals surface area contributed by atoms with E-state index in [1.807, 2.05) is 0 Å². The second kappa shape index (κ2) is 8.22. The standard InChI is InChI=1S/C24H17F3N4O3/c1-30(17-7-8-20-21(11-17)34-14-33-20)23(32)15-4-2-6-18(10-15)31-19(16-5-3-9-28-13-16)12-22(29-31)24(25,26)27/h2-13H,14H2,1H3. The molecule has 0 atom stereocenters. The van der Waals surface area contributed by atoms with E-state index in [1.54, 1.807) is 55.6 Å². The van der Waals surface area contributed by atoms with E-state index in [0.717, 1.165) is 10.7 Å². The first-order valence-corrected chi connectivity index (χ1v) is 10.2. The Morgan fingerprint density at radius 2 is 1.85 bits per heavy atom. The van der Waals surface area contributed by atoms with Gasteiger partial charge in [-0.05, 0) is 48.5 Å². The monoisotopic (exact) mass is 466 g/mol. The summed E-state index contributed by atoms with van der Waals surface area (Å²) in [6.07, 6.45) is -1.65. The first-order chi connectivity index (χ1) is 16.3. The summed E-state index contributed by atoms with van der Waals surface area (Å²) in [7, 11) is 1.60. The van der Waals surface area contributed by atoms with Gasteiger partial charge in [0, 0.05) is 42.3 Å². The maximum atomic E-state index is 13.4. The molecule has 10 heteroatoms. The molecule has 4 aromatic rings. The second-order valence-electron chi connectivity index (χ2n) is 7.52. The average molecular weight is 466 g/mol. The Balaban J connectivity index is 1.52. The maximum absolute atomic E-state index is 13.4. The number of ether oxygens (including phenoxy) is 2. The number of hydrogen-bond acceptors (Lipinski definition) is 5. The SMILES string of the molecule is CN(C(=O)c1cccc(-n2nc(C(F)(F)F)cc2-c2cccnc2)c1)c1ccc2c(c1)OCO2. The van der Waals surface area contributed by atoms with Crippen molar-refractivity contribution in [2.75, 3.05) is 18.7 Å². The number of rotatable bonds is 4. The van der Waals surface area contributed by atoms with Crippen molar-refractivity contribution in [1.82, 2.24) is 14.8 Å². The van der Waals surface area contributed by atoms with Crippen molar-refractivity contribution in [2.45, 2.75) is 6.18 Å². The van der Waals surface area contributed by atoms with Gasteiger partial charge in [0.05, 0.1) is 11.4 Å². The molecule has 2 aromatic carbocycles. The average Bonchev–Trinajstić information content (AvgIpc) is 3.51. The number of anilines is 1. The minimum Gasteiger partial charge on any atom is -0.454 e. The number of carbonyl (C=O) groups is 1. The molecule has 1 amide bonds. The van der Waals surface area contributed by atoms with Crippen LogP contribution in [0.4, 0.5) is 18.9 Å². The third kappa shape index (κ3) is 3.94. The van der Waals surface area contributed by atoms with Gasteiger partial charge in [-0.1, -0.05) is 6.07 Å². The largest absolute Gasteiger partial charge is 0.454 e. The van der Waals surface area contributed by atoms with Crippen LogP contribution in [0.25, 0.3) is 16.9 Å². The normalized spacial score (nSPS) is 12.6. The molecule has 0 N–H and O–H groups in total. The fraction of sp³-hybridized carbons (Fsp3) is 0.125. The van der Waals surface area contributed by atoms with Crippen LogP contribution in [0.5, 0.6) is 11.5 Å². The number of amides is 1. The van der Waals surface area contributed by atoms with Crippen molar-refractivity contribution < 1.29 is 27.4 Å². The van der Waals surface area contributed by atoms with E-state index in [2.05, 4.69) is 10.1 Å². The Morgan fingerprint density at radius 3 is 2.62 bits per heavy atom. The van der Waals surface area contributed by atoms with Crippen LogP contribution in [0.1, 0.15) is 16.1 Å². The van der Waals surface area contributed by atoms with Gasteiger partial charge in [0.15, 0.2) is 17.2 Å². The Bertz CT molecular complexity index is 1370. The zero-order valence-corrected chi connectivity index (χ0v) is 17.8. The molecule has 7 nitrogen and oxygen atoms in total. The van der Waals surface area contributed by atoms with E-state index in [0.29, 0.717) is 28.4 Å². The van der Waals surface area contributed by atoms with Crippen molar-refractivity contribution in [2.24, 2.45) is 0 Å². The molecule has 172 valence electrons. The van der Waals surface area contributed by atoms with Gasteiger partial charge in [0.1, 0.15) is 0 Å². The van der Waals surface area contributed by atoms with E-state index in [4.69, 9.17) is 9.47 Å². The van der Waals surface area contributed by atoms with Crippen molar-refractivity contribution in [1.29, 1.82) is 0 Å². The van der Waals surface area contributed by atoms with Crippen LogP contribution in [0.3, 0.4) is 0 Å². The number of fused-ring (bicyclic) bond motifs is 1. The Hall–Kier alpha value is -4.34. The first kappa shape index (κ1) is 21.5. The lowest BCUT2D eigenvalue weighted by molar-refractivity contribution is -0.141. The van der Waals surface area contributed by atoms with E-state index < -0.39 is 11.9 Å². The van der Waals surface area contributed by atoms with Gasteiger partial charge in [-0.25, -0.2) is 4.68 Å². The highest BCUT2D eigenvalue weighted by Crippen LogP contribution is 2.36.